The number of nitrogens with zero attached hydrogens (tertiary/aromatic N) is 2. The molecule has 5 nitrogen and oxygen atoms in total. The summed E-state index contributed by atoms with van der Waals surface area (Å²) in [4.78, 5) is 18.4. The number of rotatable bonds is 5. The Bertz CT molecular complexity index is 727. The number of halogens is 2. The minimum absolute atomic E-state index is 0.0271. The Kier molecular flexibility index (Phi) is 5.23. The van der Waals surface area contributed by atoms with Crippen LogP contribution in [0.4, 0.5) is 8.78 Å². The maximum atomic E-state index is 12.8. The minimum Gasteiger partial charge on any atom is -0.485 e. The zero-order chi connectivity index (χ0) is 17.8. The summed E-state index contributed by atoms with van der Waals surface area (Å²) in [6.07, 6.45) is -1.18. The van der Waals surface area contributed by atoms with Gasteiger partial charge in [0.25, 0.3) is 12.3 Å². The lowest BCUT2D eigenvalue weighted by atomic mass is 9.95. The van der Waals surface area contributed by atoms with Crippen molar-refractivity contribution in [3.8, 4) is 5.75 Å². The molecule has 25 heavy (non-hydrogen) atoms. The number of hydrogen-bond donors (Lipinski definition) is 1. The highest BCUT2D eigenvalue weighted by molar-refractivity contribution is 5.95. The summed E-state index contributed by atoms with van der Waals surface area (Å²) in [7, 11) is 0. The van der Waals surface area contributed by atoms with Gasteiger partial charge < -0.3 is 15.4 Å². The lowest BCUT2D eigenvalue weighted by Crippen LogP contribution is -2.33. The smallest absolute Gasteiger partial charge is 0.276 e. The van der Waals surface area contributed by atoms with E-state index < -0.39 is 13.0 Å². The summed E-state index contributed by atoms with van der Waals surface area (Å²) in [5.74, 6) is -0.275. The molecule has 0 spiro atoms. The molecule has 3 rings (SSSR count). The van der Waals surface area contributed by atoms with Crippen molar-refractivity contribution < 1.29 is 18.3 Å². The molecular weight excluding hydrogens is 328 g/mol. The average Bonchev–Trinajstić information content (AvgIpc) is 3.02. The fourth-order valence-corrected chi connectivity index (χ4v) is 3.02. The average molecular weight is 347 g/mol. The van der Waals surface area contributed by atoms with Crippen LogP contribution in [0.2, 0.25) is 0 Å². The molecule has 2 atom stereocenters. The summed E-state index contributed by atoms with van der Waals surface area (Å²) in [5.41, 5.74) is 7.31. The first-order valence-corrected chi connectivity index (χ1v) is 8.02. The van der Waals surface area contributed by atoms with E-state index >= 15 is 0 Å². The Morgan fingerprint density at radius 3 is 2.72 bits per heavy atom. The van der Waals surface area contributed by atoms with E-state index in [2.05, 4.69) is 4.98 Å². The summed E-state index contributed by atoms with van der Waals surface area (Å²) in [6.45, 7) is 0.0518. The topological polar surface area (TPSA) is 68.5 Å². The SMILES string of the molecule is N[C@@H]1CN(C(=O)c2ncccc2OCC(F)F)C[C@H]1c1ccccc1. The van der Waals surface area contributed by atoms with E-state index in [-0.39, 0.29) is 29.3 Å². The molecule has 7 heteroatoms. The van der Waals surface area contributed by atoms with E-state index in [1.165, 1.54) is 12.3 Å². The van der Waals surface area contributed by atoms with Crippen molar-refractivity contribution in [3.63, 3.8) is 0 Å². The molecule has 1 aromatic heterocycles. The van der Waals surface area contributed by atoms with Gasteiger partial charge >= 0.3 is 0 Å². The Balaban J connectivity index is 1.76. The Hall–Kier alpha value is -2.54. The van der Waals surface area contributed by atoms with Crippen LogP contribution in [0.5, 0.6) is 5.75 Å². The summed E-state index contributed by atoms with van der Waals surface area (Å²) in [5, 5.41) is 0. The second kappa shape index (κ2) is 7.57. The molecule has 2 N–H and O–H groups in total. The first-order chi connectivity index (χ1) is 12.1. The molecule has 0 aliphatic carbocycles. The molecule has 1 aliphatic rings. The second-order valence-electron chi connectivity index (χ2n) is 5.94. The summed E-state index contributed by atoms with van der Waals surface area (Å²) in [6, 6.07) is 12.6. The monoisotopic (exact) mass is 347 g/mol. The number of nitrogens with two attached hydrogens (primary N) is 1. The number of ether oxygens (including phenoxy) is 1. The van der Waals surface area contributed by atoms with Crippen LogP contribution in [0.15, 0.2) is 48.7 Å². The Morgan fingerprint density at radius 2 is 2.00 bits per heavy atom. The van der Waals surface area contributed by atoms with E-state index in [0.29, 0.717) is 13.1 Å². The molecular formula is C18H19F2N3O2. The van der Waals surface area contributed by atoms with Gasteiger partial charge in [0, 0.05) is 31.2 Å². The van der Waals surface area contributed by atoms with Crippen LogP contribution < -0.4 is 10.5 Å². The van der Waals surface area contributed by atoms with E-state index in [1.54, 1.807) is 11.0 Å². The van der Waals surface area contributed by atoms with Crippen LogP contribution in [0, 0.1) is 0 Å². The van der Waals surface area contributed by atoms with E-state index in [1.807, 2.05) is 30.3 Å². The largest absolute Gasteiger partial charge is 0.485 e. The van der Waals surface area contributed by atoms with Gasteiger partial charge in [-0.1, -0.05) is 30.3 Å². The number of aromatic nitrogens is 1. The third-order valence-corrected chi connectivity index (χ3v) is 4.22. The number of amides is 1. The normalized spacial score (nSPS) is 20.1. The zero-order valence-corrected chi connectivity index (χ0v) is 13.5. The molecule has 0 unspecified atom stereocenters. The van der Waals surface area contributed by atoms with Crippen molar-refractivity contribution in [1.29, 1.82) is 0 Å². The maximum Gasteiger partial charge on any atom is 0.276 e. The molecule has 0 radical (unpaired) electrons. The number of carbonyl (C=O) groups is 1. The van der Waals surface area contributed by atoms with Crippen molar-refractivity contribution in [1.82, 2.24) is 9.88 Å². The van der Waals surface area contributed by atoms with Crippen LogP contribution in [0.25, 0.3) is 0 Å². The van der Waals surface area contributed by atoms with Gasteiger partial charge in [-0.05, 0) is 17.7 Å². The predicted molar refractivity (Wildman–Crippen MR) is 88.8 cm³/mol. The Morgan fingerprint density at radius 1 is 1.24 bits per heavy atom. The fourth-order valence-electron chi connectivity index (χ4n) is 3.02. The van der Waals surface area contributed by atoms with Gasteiger partial charge in [0.1, 0.15) is 6.61 Å². The number of likely N-dealkylation sites (tertiary alicyclic amines) is 1. The lowest BCUT2D eigenvalue weighted by Gasteiger charge is -2.18. The van der Waals surface area contributed by atoms with Crippen LogP contribution >= 0.6 is 0 Å². The Labute approximate surface area is 144 Å². The standard InChI is InChI=1S/C18H19F2N3O2/c19-16(20)11-25-15-7-4-8-22-17(15)18(24)23-9-13(14(21)10-23)12-5-2-1-3-6-12/h1-8,13-14,16H,9-11,21H2/t13-,14+/m0/s1. The number of benzene rings is 1. The van der Waals surface area contributed by atoms with Gasteiger partial charge in [0.15, 0.2) is 11.4 Å². The summed E-state index contributed by atoms with van der Waals surface area (Å²) < 4.78 is 29.8. The molecule has 0 saturated carbocycles. The molecule has 1 amide bonds. The van der Waals surface area contributed by atoms with Gasteiger partial charge in [-0.25, -0.2) is 13.8 Å². The number of pyridine rings is 1. The van der Waals surface area contributed by atoms with Gasteiger partial charge in [0.2, 0.25) is 0 Å². The van der Waals surface area contributed by atoms with Crippen LogP contribution in [0.1, 0.15) is 22.0 Å². The molecule has 1 aliphatic heterocycles. The van der Waals surface area contributed by atoms with Gasteiger partial charge in [-0.3, -0.25) is 4.79 Å². The highest BCUT2D eigenvalue weighted by Crippen LogP contribution is 2.28. The molecule has 1 aromatic carbocycles. The van der Waals surface area contributed by atoms with Crippen molar-refractivity contribution in [2.75, 3.05) is 19.7 Å². The van der Waals surface area contributed by atoms with Crippen molar-refractivity contribution in [3.05, 3.63) is 59.9 Å². The number of alkyl halides is 2. The lowest BCUT2D eigenvalue weighted by molar-refractivity contribution is 0.0728. The zero-order valence-electron chi connectivity index (χ0n) is 13.5. The molecule has 1 saturated heterocycles. The van der Waals surface area contributed by atoms with Crippen molar-refractivity contribution >= 4 is 5.91 Å². The minimum atomic E-state index is -2.62. The predicted octanol–water partition coefficient (Wildman–Crippen LogP) is 2.29. The maximum absolute atomic E-state index is 12.8. The highest BCUT2D eigenvalue weighted by Gasteiger charge is 2.35. The van der Waals surface area contributed by atoms with Gasteiger partial charge in [0.05, 0.1) is 0 Å². The molecule has 2 heterocycles. The van der Waals surface area contributed by atoms with Crippen molar-refractivity contribution in [2.45, 2.75) is 18.4 Å². The number of hydrogen-bond acceptors (Lipinski definition) is 4. The van der Waals surface area contributed by atoms with Crippen LogP contribution in [0.3, 0.4) is 0 Å². The van der Waals surface area contributed by atoms with Crippen LogP contribution in [-0.2, 0) is 0 Å². The summed E-state index contributed by atoms with van der Waals surface area (Å²) >= 11 is 0. The molecule has 132 valence electrons. The first-order valence-electron chi connectivity index (χ1n) is 8.02. The van der Waals surface area contributed by atoms with E-state index in [9.17, 15) is 13.6 Å². The quantitative estimate of drug-likeness (QED) is 0.901. The van der Waals surface area contributed by atoms with E-state index in [4.69, 9.17) is 10.5 Å². The first kappa shape index (κ1) is 17.3. The number of carbonyl (C=O) groups excluding carboxylic acids is 1. The second-order valence-corrected chi connectivity index (χ2v) is 5.94. The third kappa shape index (κ3) is 3.93. The fraction of sp³-hybridized carbons (Fsp3) is 0.333. The highest BCUT2D eigenvalue weighted by atomic mass is 19.3. The van der Waals surface area contributed by atoms with E-state index in [0.717, 1.165) is 5.56 Å². The molecule has 2 aromatic rings. The molecule has 0 bridgehead atoms. The van der Waals surface area contributed by atoms with Gasteiger partial charge in [-0.15, -0.1) is 0 Å². The van der Waals surface area contributed by atoms with Gasteiger partial charge in [-0.2, -0.15) is 0 Å². The van der Waals surface area contributed by atoms with Crippen molar-refractivity contribution in [2.24, 2.45) is 5.73 Å². The third-order valence-electron chi connectivity index (χ3n) is 4.22. The molecule has 1 fully saturated rings. The van der Waals surface area contributed by atoms with Crippen LogP contribution in [-0.4, -0.2) is 48.0 Å².